The number of ether oxygens (including phenoxy) is 1. The zero-order valence-electron chi connectivity index (χ0n) is 8.55. The van der Waals surface area contributed by atoms with E-state index in [1.54, 1.807) is 0 Å². The number of hydrogen-bond donors (Lipinski definition) is 0. The molecular weight excluding hydrogens is 257 g/mol. The molecule has 0 amide bonds. The van der Waals surface area contributed by atoms with Gasteiger partial charge in [-0.3, -0.25) is 0 Å². The first-order valence-corrected chi connectivity index (χ1v) is 5.26. The fourth-order valence-electron chi connectivity index (χ4n) is 1.63. The number of rotatable bonds is 3. The molecule has 2 rings (SSSR count). The first-order chi connectivity index (χ1) is 7.86. The van der Waals surface area contributed by atoms with Gasteiger partial charge in [-0.05, 0) is 30.5 Å². The summed E-state index contributed by atoms with van der Waals surface area (Å²) in [5.74, 6) is -0.454. The minimum absolute atomic E-state index is 0.145. The van der Waals surface area contributed by atoms with E-state index in [1.807, 2.05) is 0 Å². The third kappa shape index (κ3) is 2.54. The van der Waals surface area contributed by atoms with Crippen molar-refractivity contribution in [3.8, 4) is 5.75 Å². The number of alkyl halides is 3. The van der Waals surface area contributed by atoms with Crippen molar-refractivity contribution >= 4 is 17.9 Å². The summed E-state index contributed by atoms with van der Waals surface area (Å²) in [6, 6.07) is 3.92. The number of carbonyl (C=O) groups is 1. The Bertz CT molecular complexity index is 453. The molecule has 1 aromatic carbocycles. The van der Waals surface area contributed by atoms with E-state index in [1.165, 1.54) is 12.1 Å². The average molecular weight is 265 g/mol. The Kier molecular flexibility index (Phi) is 2.81. The number of halogens is 4. The van der Waals surface area contributed by atoms with E-state index < -0.39 is 17.5 Å². The Morgan fingerprint density at radius 2 is 2.00 bits per heavy atom. The molecule has 1 aromatic rings. The Hall–Kier alpha value is -1.23. The second kappa shape index (κ2) is 3.91. The molecule has 0 atom stereocenters. The van der Waals surface area contributed by atoms with E-state index >= 15 is 0 Å². The summed E-state index contributed by atoms with van der Waals surface area (Å²) in [5, 5.41) is -0.145. The molecule has 0 bridgehead atoms. The lowest BCUT2D eigenvalue weighted by atomic mass is 9.98. The van der Waals surface area contributed by atoms with Crippen LogP contribution in [0, 0.1) is 0 Å². The van der Waals surface area contributed by atoms with Gasteiger partial charge in [0.25, 0.3) is 0 Å². The van der Waals surface area contributed by atoms with Crippen LogP contribution in [0.4, 0.5) is 13.2 Å². The fraction of sp³-hybridized carbons (Fsp3) is 0.364. The average Bonchev–Trinajstić information content (AvgIpc) is 3.00. The lowest BCUT2D eigenvalue weighted by Crippen LogP contribution is -2.17. The van der Waals surface area contributed by atoms with Crippen LogP contribution in [0.3, 0.4) is 0 Å². The van der Waals surface area contributed by atoms with E-state index in [9.17, 15) is 18.0 Å². The van der Waals surface area contributed by atoms with Gasteiger partial charge in [-0.2, -0.15) is 0 Å². The van der Waals surface area contributed by atoms with Crippen LogP contribution >= 0.6 is 11.6 Å². The van der Waals surface area contributed by atoms with Crippen molar-refractivity contribution in [1.29, 1.82) is 0 Å². The van der Waals surface area contributed by atoms with Crippen LogP contribution in [0.25, 0.3) is 0 Å². The highest BCUT2D eigenvalue weighted by atomic mass is 35.5. The second-order valence-electron chi connectivity index (χ2n) is 3.97. The molecule has 1 aliphatic rings. The highest BCUT2D eigenvalue weighted by Crippen LogP contribution is 2.47. The van der Waals surface area contributed by atoms with Crippen molar-refractivity contribution in [3.05, 3.63) is 28.8 Å². The summed E-state index contributed by atoms with van der Waals surface area (Å²) in [7, 11) is 0. The quantitative estimate of drug-likeness (QED) is 0.782. The lowest BCUT2D eigenvalue weighted by Gasteiger charge is -2.13. The number of hydrogen-bond acceptors (Lipinski definition) is 2. The Balaban J connectivity index is 2.26. The van der Waals surface area contributed by atoms with Crippen molar-refractivity contribution in [1.82, 2.24) is 0 Å². The molecule has 0 spiro atoms. The molecule has 92 valence electrons. The Morgan fingerprint density at radius 3 is 2.41 bits per heavy atom. The van der Waals surface area contributed by atoms with E-state index in [0.717, 1.165) is 12.4 Å². The Labute approximate surface area is 100 Å². The van der Waals surface area contributed by atoms with E-state index in [4.69, 9.17) is 11.6 Å². The van der Waals surface area contributed by atoms with Crippen LogP contribution in [-0.4, -0.2) is 12.6 Å². The first kappa shape index (κ1) is 12.2. The molecule has 0 unspecified atom stereocenters. The summed E-state index contributed by atoms with van der Waals surface area (Å²) in [4.78, 5) is 10.9. The predicted octanol–water partition coefficient (Wildman–Crippen LogP) is 3.47. The first-order valence-electron chi connectivity index (χ1n) is 4.88. The zero-order valence-corrected chi connectivity index (χ0v) is 9.31. The maximum Gasteiger partial charge on any atom is 0.573 e. The molecule has 0 aromatic heterocycles. The summed E-state index contributed by atoms with van der Waals surface area (Å²) < 4.78 is 39.7. The third-order valence-electron chi connectivity index (χ3n) is 2.75. The maximum atomic E-state index is 12.0. The number of aldehydes is 1. The summed E-state index contributed by atoms with van der Waals surface area (Å²) >= 11 is 5.69. The smallest absolute Gasteiger partial charge is 0.404 e. The van der Waals surface area contributed by atoms with Crippen LogP contribution < -0.4 is 4.74 Å². The van der Waals surface area contributed by atoms with Crippen molar-refractivity contribution in [2.24, 2.45) is 0 Å². The molecule has 1 saturated carbocycles. The zero-order chi connectivity index (χ0) is 12.7. The standard InChI is InChI=1S/C11H8ClF3O2/c12-8-5-7(10(6-16)3-4-10)1-2-9(8)17-11(13,14)15/h1-2,5-6H,3-4H2. The third-order valence-corrected chi connectivity index (χ3v) is 3.04. The number of benzene rings is 1. The topological polar surface area (TPSA) is 26.3 Å². The van der Waals surface area contributed by atoms with Gasteiger partial charge in [0.1, 0.15) is 12.0 Å². The van der Waals surface area contributed by atoms with Crippen molar-refractivity contribution < 1.29 is 22.7 Å². The molecule has 0 N–H and O–H groups in total. The van der Waals surface area contributed by atoms with E-state index in [2.05, 4.69) is 4.74 Å². The van der Waals surface area contributed by atoms with Gasteiger partial charge >= 0.3 is 6.36 Å². The van der Waals surface area contributed by atoms with Gasteiger partial charge in [-0.1, -0.05) is 17.7 Å². The highest BCUT2D eigenvalue weighted by Gasteiger charge is 2.44. The minimum atomic E-state index is -4.77. The summed E-state index contributed by atoms with van der Waals surface area (Å²) in [6.07, 6.45) is -2.56. The predicted molar refractivity (Wildman–Crippen MR) is 55.1 cm³/mol. The molecule has 0 aliphatic heterocycles. The normalized spacial score (nSPS) is 17.6. The van der Waals surface area contributed by atoms with Crippen molar-refractivity contribution in [3.63, 3.8) is 0 Å². The van der Waals surface area contributed by atoms with Gasteiger partial charge in [0, 0.05) is 0 Å². The van der Waals surface area contributed by atoms with Gasteiger partial charge in [-0.15, -0.1) is 13.2 Å². The van der Waals surface area contributed by atoms with Gasteiger partial charge < -0.3 is 9.53 Å². The molecular formula is C11H8ClF3O2. The van der Waals surface area contributed by atoms with E-state index in [0.29, 0.717) is 18.4 Å². The van der Waals surface area contributed by atoms with Crippen LogP contribution in [0.1, 0.15) is 18.4 Å². The van der Waals surface area contributed by atoms with Crippen LogP contribution in [-0.2, 0) is 10.2 Å². The van der Waals surface area contributed by atoms with Gasteiger partial charge in [0.2, 0.25) is 0 Å². The molecule has 6 heteroatoms. The van der Waals surface area contributed by atoms with Crippen molar-refractivity contribution in [2.45, 2.75) is 24.6 Å². The number of carbonyl (C=O) groups excluding carboxylic acids is 1. The molecule has 0 saturated heterocycles. The molecule has 1 fully saturated rings. The Morgan fingerprint density at radius 1 is 1.35 bits per heavy atom. The van der Waals surface area contributed by atoms with Crippen LogP contribution in [0.2, 0.25) is 5.02 Å². The monoisotopic (exact) mass is 264 g/mol. The molecule has 0 heterocycles. The molecule has 1 aliphatic carbocycles. The fourth-order valence-corrected chi connectivity index (χ4v) is 1.85. The van der Waals surface area contributed by atoms with Gasteiger partial charge in [-0.25, -0.2) is 0 Å². The van der Waals surface area contributed by atoms with Crippen molar-refractivity contribution in [2.75, 3.05) is 0 Å². The van der Waals surface area contributed by atoms with E-state index in [-0.39, 0.29) is 5.02 Å². The second-order valence-corrected chi connectivity index (χ2v) is 4.37. The minimum Gasteiger partial charge on any atom is -0.404 e. The van der Waals surface area contributed by atoms with Crippen LogP contribution in [0.5, 0.6) is 5.75 Å². The largest absolute Gasteiger partial charge is 0.573 e. The molecule has 0 radical (unpaired) electrons. The summed E-state index contributed by atoms with van der Waals surface area (Å²) in [6.45, 7) is 0. The molecule has 2 nitrogen and oxygen atoms in total. The highest BCUT2D eigenvalue weighted by molar-refractivity contribution is 6.32. The van der Waals surface area contributed by atoms with Crippen LogP contribution in [0.15, 0.2) is 18.2 Å². The van der Waals surface area contributed by atoms with Gasteiger partial charge in [0.05, 0.1) is 10.4 Å². The molecule has 17 heavy (non-hydrogen) atoms. The van der Waals surface area contributed by atoms with Gasteiger partial charge in [0.15, 0.2) is 0 Å². The lowest BCUT2D eigenvalue weighted by molar-refractivity contribution is -0.274. The SMILES string of the molecule is O=CC1(c2ccc(OC(F)(F)F)c(Cl)c2)CC1. The summed E-state index contributed by atoms with van der Waals surface area (Å²) in [5.41, 5.74) is 0.0763. The maximum absolute atomic E-state index is 12.0.